The fourth-order valence-corrected chi connectivity index (χ4v) is 8.86. The zero-order valence-corrected chi connectivity index (χ0v) is 15.6. The smallest absolute Gasteiger partial charge is 0.240 e. The summed E-state index contributed by atoms with van der Waals surface area (Å²) >= 11 is 0. The average Bonchev–Trinajstić information content (AvgIpc) is 3.23. The Balaban J connectivity index is 1.46. The maximum atomic E-state index is 13.2. The van der Waals surface area contributed by atoms with Gasteiger partial charge >= 0.3 is 0 Å². The van der Waals surface area contributed by atoms with Crippen LogP contribution < -0.4 is 0 Å². The van der Waals surface area contributed by atoms with Gasteiger partial charge in [0.05, 0.1) is 11.8 Å². The molecule has 1 heterocycles. The summed E-state index contributed by atoms with van der Waals surface area (Å²) in [5, 5.41) is 0. The Morgan fingerprint density at radius 2 is 1.88 bits per heavy atom. The van der Waals surface area contributed by atoms with E-state index in [1.165, 1.54) is 4.31 Å². The Morgan fingerprint density at radius 1 is 1.16 bits per heavy atom. The highest BCUT2D eigenvalue weighted by Crippen LogP contribution is 2.70. The molecule has 1 amide bonds. The van der Waals surface area contributed by atoms with Crippen molar-refractivity contribution in [2.24, 2.45) is 22.7 Å². The van der Waals surface area contributed by atoms with Gasteiger partial charge in [-0.15, -0.1) is 0 Å². The lowest BCUT2D eigenvalue weighted by atomic mass is 9.69. The van der Waals surface area contributed by atoms with Gasteiger partial charge in [-0.25, -0.2) is 12.7 Å². The molecule has 0 N–H and O–H groups in total. The van der Waals surface area contributed by atoms with Crippen molar-refractivity contribution in [3.8, 4) is 0 Å². The van der Waals surface area contributed by atoms with Crippen molar-refractivity contribution in [3.05, 3.63) is 35.9 Å². The predicted octanol–water partition coefficient (Wildman–Crippen LogP) is 3.16. The van der Waals surface area contributed by atoms with Gasteiger partial charge in [0, 0.05) is 11.3 Å². The number of benzene rings is 1. The lowest BCUT2D eigenvalue weighted by Crippen LogP contribution is -2.44. The number of carbonyl (C=O) groups excluding carboxylic acids is 1. The first kappa shape index (κ1) is 15.9. The van der Waals surface area contributed by atoms with Gasteiger partial charge in [-0.3, -0.25) is 4.79 Å². The van der Waals surface area contributed by atoms with Crippen LogP contribution in [0.15, 0.2) is 30.3 Å². The number of sulfonamides is 1. The van der Waals surface area contributed by atoms with E-state index < -0.39 is 10.0 Å². The van der Waals surface area contributed by atoms with Gasteiger partial charge in [0.2, 0.25) is 15.9 Å². The molecule has 1 aliphatic heterocycles. The Kier molecular flexibility index (Phi) is 2.96. The highest BCUT2D eigenvalue weighted by atomic mass is 32.2. The molecule has 5 rings (SSSR count). The molecule has 5 heteroatoms. The lowest BCUT2D eigenvalue weighted by molar-refractivity contribution is -0.130. The third kappa shape index (κ3) is 1.88. The van der Waals surface area contributed by atoms with Gasteiger partial charge in [-0.2, -0.15) is 0 Å². The third-order valence-electron chi connectivity index (χ3n) is 7.96. The van der Waals surface area contributed by atoms with E-state index in [1.807, 2.05) is 30.3 Å². The van der Waals surface area contributed by atoms with Gasteiger partial charge in [0.1, 0.15) is 0 Å². The van der Waals surface area contributed by atoms with Crippen molar-refractivity contribution in [2.45, 2.75) is 51.5 Å². The summed E-state index contributed by atoms with van der Waals surface area (Å²) in [6, 6.07) is 9.91. The minimum atomic E-state index is -3.49. The second-order valence-corrected chi connectivity index (χ2v) is 11.0. The molecule has 4 aliphatic rings. The van der Waals surface area contributed by atoms with Crippen LogP contribution in [0.4, 0.5) is 0 Å². The molecule has 1 spiro atoms. The summed E-state index contributed by atoms with van der Waals surface area (Å²) < 4.78 is 27.3. The zero-order valence-electron chi connectivity index (χ0n) is 14.8. The summed E-state index contributed by atoms with van der Waals surface area (Å²) in [6.07, 6.45) is 3.70. The fraction of sp³-hybridized carbons (Fsp3) is 0.650. The van der Waals surface area contributed by atoms with Gasteiger partial charge in [0.15, 0.2) is 0 Å². The average molecular weight is 359 g/mol. The minimum absolute atomic E-state index is 0.0160. The summed E-state index contributed by atoms with van der Waals surface area (Å²) in [6.45, 7) is 4.44. The van der Waals surface area contributed by atoms with Crippen LogP contribution in [-0.4, -0.2) is 30.4 Å². The van der Waals surface area contributed by atoms with Crippen LogP contribution in [0.5, 0.6) is 0 Å². The normalized spacial score (nSPS) is 42.4. The van der Waals surface area contributed by atoms with E-state index in [-0.39, 0.29) is 40.4 Å². The Bertz CT molecular complexity index is 847. The van der Waals surface area contributed by atoms with E-state index >= 15 is 0 Å². The van der Waals surface area contributed by atoms with Crippen LogP contribution in [0, 0.1) is 22.7 Å². The SMILES string of the molecule is CC1(C)[C@H]2CC[C@@]13CS(=O)(=O)N(C(=O)[C@H]1C[C@H]1c1ccccc1)[C@H]3C2. The first-order valence-electron chi connectivity index (χ1n) is 9.39. The highest BCUT2D eigenvalue weighted by molar-refractivity contribution is 7.90. The highest BCUT2D eigenvalue weighted by Gasteiger charge is 2.73. The first-order chi connectivity index (χ1) is 11.8. The molecule has 0 radical (unpaired) electrons. The van der Waals surface area contributed by atoms with Gasteiger partial charge in [-0.05, 0) is 48.5 Å². The number of amides is 1. The van der Waals surface area contributed by atoms with E-state index in [0.29, 0.717) is 5.92 Å². The van der Waals surface area contributed by atoms with E-state index in [0.717, 1.165) is 31.2 Å². The van der Waals surface area contributed by atoms with Crippen molar-refractivity contribution in [1.82, 2.24) is 4.31 Å². The largest absolute Gasteiger partial charge is 0.273 e. The molecule has 4 fully saturated rings. The minimum Gasteiger partial charge on any atom is -0.273 e. The Morgan fingerprint density at radius 3 is 2.56 bits per heavy atom. The summed E-state index contributed by atoms with van der Waals surface area (Å²) in [5.74, 6) is 0.607. The number of hydrogen-bond donors (Lipinski definition) is 0. The van der Waals surface area contributed by atoms with E-state index in [2.05, 4.69) is 13.8 Å². The zero-order chi connectivity index (χ0) is 17.6. The van der Waals surface area contributed by atoms with Gasteiger partial charge < -0.3 is 0 Å². The van der Waals surface area contributed by atoms with Crippen molar-refractivity contribution >= 4 is 15.9 Å². The van der Waals surface area contributed by atoms with Crippen LogP contribution in [0.25, 0.3) is 0 Å². The van der Waals surface area contributed by atoms with Crippen molar-refractivity contribution < 1.29 is 13.2 Å². The third-order valence-corrected chi connectivity index (χ3v) is 9.88. The lowest BCUT2D eigenvalue weighted by Gasteiger charge is -2.37. The molecule has 3 saturated carbocycles. The number of fused-ring (bicyclic) bond motifs is 1. The molecular formula is C20H25NO3S. The van der Waals surface area contributed by atoms with Gasteiger partial charge in [-0.1, -0.05) is 44.2 Å². The number of nitrogens with zero attached hydrogens (tertiary/aromatic N) is 1. The summed E-state index contributed by atoms with van der Waals surface area (Å²) in [4.78, 5) is 13.2. The molecule has 0 aromatic heterocycles. The maximum absolute atomic E-state index is 13.2. The van der Waals surface area contributed by atoms with E-state index in [9.17, 15) is 13.2 Å². The number of carbonyl (C=O) groups is 1. The van der Waals surface area contributed by atoms with Gasteiger partial charge in [0.25, 0.3) is 0 Å². The van der Waals surface area contributed by atoms with Crippen LogP contribution in [0.2, 0.25) is 0 Å². The Hall–Kier alpha value is -1.36. The first-order valence-corrected chi connectivity index (χ1v) is 11.0. The van der Waals surface area contributed by atoms with Crippen LogP contribution in [-0.2, 0) is 14.8 Å². The van der Waals surface area contributed by atoms with Crippen LogP contribution >= 0.6 is 0 Å². The number of hydrogen-bond acceptors (Lipinski definition) is 3. The van der Waals surface area contributed by atoms with Crippen molar-refractivity contribution in [3.63, 3.8) is 0 Å². The summed E-state index contributed by atoms with van der Waals surface area (Å²) in [5.41, 5.74) is 0.950. The Labute approximate surface area is 149 Å². The van der Waals surface area contributed by atoms with E-state index in [4.69, 9.17) is 0 Å². The molecule has 134 valence electrons. The topological polar surface area (TPSA) is 54.5 Å². The second kappa shape index (κ2) is 4.67. The van der Waals surface area contributed by atoms with Crippen molar-refractivity contribution in [1.29, 1.82) is 0 Å². The summed E-state index contributed by atoms with van der Waals surface area (Å²) in [7, 11) is -3.49. The molecule has 5 atom stereocenters. The molecule has 25 heavy (non-hydrogen) atoms. The number of rotatable bonds is 2. The quantitative estimate of drug-likeness (QED) is 0.815. The molecule has 2 bridgehead atoms. The molecular weight excluding hydrogens is 334 g/mol. The fourth-order valence-electron chi connectivity index (χ4n) is 6.28. The maximum Gasteiger partial charge on any atom is 0.240 e. The molecule has 3 aliphatic carbocycles. The predicted molar refractivity (Wildman–Crippen MR) is 95.3 cm³/mol. The molecule has 1 aromatic carbocycles. The monoisotopic (exact) mass is 359 g/mol. The standard InChI is InChI=1S/C20H25NO3S/c1-19(2)14-8-9-20(19)12-25(23,24)21(17(20)10-14)18(22)16-11-15(16)13-6-4-3-5-7-13/h3-7,14-17H,8-12H2,1-2H3/t14-,15-,16-,17-,20-/m0/s1. The molecule has 1 aromatic rings. The van der Waals surface area contributed by atoms with Crippen LogP contribution in [0.1, 0.15) is 51.0 Å². The molecule has 4 nitrogen and oxygen atoms in total. The van der Waals surface area contributed by atoms with Crippen LogP contribution in [0.3, 0.4) is 0 Å². The van der Waals surface area contributed by atoms with E-state index in [1.54, 1.807) is 0 Å². The van der Waals surface area contributed by atoms with Crippen molar-refractivity contribution in [2.75, 3.05) is 5.75 Å². The second-order valence-electron chi connectivity index (χ2n) is 9.11. The molecule has 0 unspecified atom stereocenters. The molecule has 1 saturated heterocycles.